The third-order valence-corrected chi connectivity index (χ3v) is 3.79. The maximum Gasteiger partial charge on any atom is 0.0499 e. The number of rotatable bonds is 4. The zero-order valence-electron chi connectivity index (χ0n) is 10.1. The van der Waals surface area contributed by atoms with Gasteiger partial charge in [0.05, 0.1) is 0 Å². The Morgan fingerprint density at radius 3 is 2.72 bits per heavy atom. The van der Waals surface area contributed by atoms with Crippen molar-refractivity contribution in [3.05, 3.63) is 57.3 Å². The lowest BCUT2D eigenvalue weighted by atomic mass is 10.2. The topological polar surface area (TPSA) is 24.9 Å². The van der Waals surface area contributed by atoms with Crippen LogP contribution >= 0.6 is 27.5 Å². The minimum absolute atomic E-state index is 0.782. The van der Waals surface area contributed by atoms with E-state index in [1.165, 1.54) is 5.56 Å². The van der Waals surface area contributed by atoms with E-state index in [1.807, 2.05) is 43.6 Å². The third kappa shape index (κ3) is 3.47. The molecule has 0 aliphatic heterocycles. The largest absolute Gasteiger partial charge is 0.384 e. The number of anilines is 1. The molecule has 0 fully saturated rings. The average Bonchev–Trinajstić information content (AvgIpc) is 2.37. The van der Waals surface area contributed by atoms with Crippen LogP contribution in [0.25, 0.3) is 0 Å². The van der Waals surface area contributed by atoms with Crippen molar-refractivity contribution in [3.8, 4) is 0 Å². The van der Waals surface area contributed by atoms with Crippen molar-refractivity contribution in [2.75, 3.05) is 11.9 Å². The molecule has 0 atom stereocenters. The first-order valence-corrected chi connectivity index (χ1v) is 6.92. The quantitative estimate of drug-likeness (QED) is 0.897. The van der Waals surface area contributed by atoms with Gasteiger partial charge >= 0.3 is 0 Å². The second kappa shape index (κ2) is 6.21. The molecule has 0 radical (unpaired) electrons. The fraction of sp³-hybridized carbons (Fsp3) is 0.214. The molecule has 0 spiro atoms. The van der Waals surface area contributed by atoms with Crippen LogP contribution in [0.5, 0.6) is 0 Å². The summed E-state index contributed by atoms with van der Waals surface area (Å²) < 4.78 is 1.04. The first kappa shape index (κ1) is 13.4. The molecule has 1 aromatic carbocycles. The van der Waals surface area contributed by atoms with E-state index in [2.05, 4.69) is 26.2 Å². The van der Waals surface area contributed by atoms with Gasteiger partial charge in [0.2, 0.25) is 0 Å². The second-order valence-electron chi connectivity index (χ2n) is 4.11. The lowest BCUT2D eigenvalue weighted by Gasteiger charge is -2.10. The van der Waals surface area contributed by atoms with E-state index in [4.69, 9.17) is 11.6 Å². The molecular weight excluding hydrogens is 312 g/mol. The van der Waals surface area contributed by atoms with Crippen LogP contribution in [0, 0.1) is 6.92 Å². The molecule has 0 amide bonds. The van der Waals surface area contributed by atoms with Crippen LogP contribution in [0.1, 0.15) is 11.1 Å². The van der Waals surface area contributed by atoms with Crippen LogP contribution in [0.15, 0.2) is 41.1 Å². The van der Waals surface area contributed by atoms with Crippen LogP contribution in [-0.2, 0) is 6.42 Å². The number of nitrogens with one attached hydrogen (secondary N) is 1. The third-order valence-electron chi connectivity index (χ3n) is 2.73. The van der Waals surface area contributed by atoms with Crippen LogP contribution in [0.2, 0.25) is 5.02 Å². The number of halogens is 2. The van der Waals surface area contributed by atoms with Gasteiger partial charge < -0.3 is 5.32 Å². The van der Waals surface area contributed by atoms with Crippen molar-refractivity contribution in [2.24, 2.45) is 0 Å². The zero-order chi connectivity index (χ0) is 13.0. The van der Waals surface area contributed by atoms with Crippen molar-refractivity contribution < 1.29 is 0 Å². The molecule has 4 heteroatoms. The predicted molar refractivity (Wildman–Crippen MR) is 80.3 cm³/mol. The highest BCUT2D eigenvalue weighted by molar-refractivity contribution is 9.10. The standard InChI is InChI=1S/C14H14BrClN2/c1-10-8-12(15)14(9-13(10)16)18-7-4-11-2-5-17-6-3-11/h2-3,5-6,8-9,18H,4,7H2,1H3. The van der Waals surface area contributed by atoms with E-state index in [0.29, 0.717) is 0 Å². The molecule has 2 aromatic rings. The van der Waals surface area contributed by atoms with Crippen LogP contribution < -0.4 is 5.32 Å². The molecule has 18 heavy (non-hydrogen) atoms. The van der Waals surface area contributed by atoms with Gasteiger partial charge in [-0.1, -0.05) is 11.6 Å². The van der Waals surface area contributed by atoms with Gasteiger partial charge in [-0.15, -0.1) is 0 Å². The monoisotopic (exact) mass is 324 g/mol. The molecule has 94 valence electrons. The fourth-order valence-corrected chi connectivity index (χ4v) is 2.43. The Morgan fingerprint density at radius 2 is 2.00 bits per heavy atom. The second-order valence-corrected chi connectivity index (χ2v) is 5.38. The Morgan fingerprint density at radius 1 is 1.28 bits per heavy atom. The summed E-state index contributed by atoms with van der Waals surface area (Å²) in [4.78, 5) is 4.00. The Hall–Kier alpha value is -1.06. The SMILES string of the molecule is Cc1cc(Br)c(NCCc2ccncc2)cc1Cl. The van der Waals surface area contributed by atoms with Crippen molar-refractivity contribution in [3.63, 3.8) is 0 Å². The summed E-state index contributed by atoms with van der Waals surface area (Å²) in [6, 6.07) is 8.03. The summed E-state index contributed by atoms with van der Waals surface area (Å²) in [7, 11) is 0. The molecule has 0 saturated heterocycles. The first-order chi connectivity index (χ1) is 8.66. The Kier molecular flexibility index (Phi) is 4.61. The highest BCUT2D eigenvalue weighted by atomic mass is 79.9. The van der Waals surface area contributed by atoms with Gasteiger partial charge in [-0.25, -0.2) is 0 Å². The molecular formula is C14H14BrClN2. The number of benzene rings is 1. The van der Waals surface area contributed by atoms with Gasteiger partial charge in [0.15, 0.2) is 0 Å². The highest BCUT2D eigenvalue weighted by Gasteiger charge is 2.03. The molecule has 0 aliphatic rings. The average molecular weight is 326 g/mol. The number of hydrogen-bond acceptors (Lipinski definition) is 2. The van der Waals surface area contributed by atoms with Gasteiger partial charge in [-0.2, -0.15) is 0 Å². The molecule has 2 nitrogen and oxygen atoms in total. The van der Waals surface area contributed by atoms with E-state index in [9.17, 15) is 0 Å². The van der Waals surface area contributed by atoms with Crippen LogP contribution in [-0.4, -0.2) is 11.5 Å². The van der Waals surface area contributed by atoms with Gasteiger partial charge in [0.25, 0.3) is 0 Å². The number of aromatic nitrogens is 1. The summed E-state index contributed by atoms with van der Waals surface area (Å²) in [5.74, 6) is 0. The molecule has 0 saturated carbocycles. The smallest absolute Gasteiger partial charge is 0.0499 e. The lowest BCUT2D eigenvalue weighted by Crippen LogP contribution is -2.05. The normalized spacial score (nSPS) is 10.4. The predicted octanol–water partition coefficient (Wildman–Crippen LogP) is 4.46. The first-order valence-electron chi connectivity index (χ1n) is 5.75. The summed E-state index contributed by atoms with van der Waals surface area (Å²) >= 11 is 9.65. The lowest BCUT2D eigenvalue weighted by molar-refractivity contribution is 1.01. The number of pyridine rings is 1. The highest BCUT2D eigenvalue weighted by Crippen LogP contribution is 2.29. The summed E-state index contributed by atoms with van der Waals surface area (Å²) in [5, 5.41) is 4.16. The van der Waals surface area contributed by atoms with Crippen molar-refractivity contribution in [2.45, 2.75) is 13.3 Å². The Bertz CT molecular complexity index is 529. The van der Waals surface area contributed by atoms with Gasteiger partial charge in [0.1, 0.15) is 0 Å². The van der Waals surface area contributed by atoms with E-state index in [1.54, 1.807) is 0 Å². The van der Waals surface area contributed by atoms with E-state index in [0.717, 1.165) is 33.7 Å². The zero-order valence-corrected chi connectivity index (χ0v) is 12.4. The number of hydrogen-bond donors (Lipinski definition) is 1. The van der Waals surface area contributed by atoms with E-state index in [-0.39, 0.29) is 0 Å². The van der Waals surface area contributed by atoms with Gasteiger partial charge in [0, 0.05) is 34.1 Å². The Labute approximate surface area is 121 Å². The van der Waals surface area contributed by atoms with E-state index < -0.39 is 0 Å². The molecule has 0 bridgehead atoms. The number of aryl methyl sites for hydroxylation is 1. The summed E-state index contributed by atoms with van der Waals surface area (Å²) in [6.07, 6.45) is 4.59. The number of nitrogens with zero attached hydrogens (tertiary/aromatic N) is 1. The molecule has 1 N–H and O–H groups in total. The maximum atomic E-state index is 6.11. The summed E-state index contributed by atoms with van der Waals surface area (Å²) in [6.45, 7) is 2.86. The molecule has 2 rings (SSSR count). The minimum Gasteiger partial charge on any atom is -0.384 e. The van der Waals surface area contributed by atoms with Gasteiger partial charge in [-0.3, -0.25) is 4.98 Å². The molecule has 1 heterocycles. The van der Waals surface area contributed by atoms with Crippen LogP contribution in [0.4, 0.5) is 5.69 Å². The van der Waals surface area contributed by atoms with Crippen molar-refractivity contribution >= 4 is 33.2 Å². The molecule has 0 aliphatic carbocycles. The van der Waals surface area contributed by atoms with Crippen LogP contribution in [0.3, 0.4) is 0 Å². The Balaban J connectivity index is 1.97. The summed E-state index contributed by atoms with van der Waals surface area (Å²) in [5.41, 5.74) is 3.37. The van der Waals surface area contributed by atoms with Crippen molar-refractivity contribution in [1.29, 1.82) is 0 Å². The van der Waals surface area contributed by atoms with E-state index >= 15 is 0 Å². The fourth-order valence-electron chi connectivity index (χ4n) is 1.67. The van der Waals surface area contributed by atoms with Gasteiger partial charge in [-0.05, 0) is 64.7 Å². The molecule has 1 aromatic heterocycles. The minimum atomic E-state index is 0.782. The molecule has 0 unspecified atom stereocenters. The maximum absolute atomic E-state index is 6.11. The van der Waals surface area contributed by atoms with Crippen molar-refractivity contribution in [1.82, 2.24) is 4.98 Å².